The van der Waals surface area contributed by atoms with E-state index in [0.29, 0.717) is 19.3 Å². The highest BCUT2D eigenvalue weighted by Gasteiger charge is 2.48. The van der Waals surface area contributed by atoms with Crippen LogP contribution in [0.5, 0.6) is 0 Å². The summed E-state index contributed by atoms with van der Waals surface area (Å²) in [7, 11) is 0. The normalized spacial score (nSPS) is 18.2. The van der Waals surface area contributed by atoms with Crippen molar-refractivity contribution < 1.29 is 14.3 Å². The predicted molar refractivity (Wildman–Crippen MR) is 125 cm³/mol. The second-order valence-corrected chi connectivity index (χ2v) is 8.52. The summed E-state index contributed by atoms with van der Waals surface area (Å²) in [4.78, 5) is 26.0. The number of hydrogen-bond acceptors (Lipinski definition) is 3. The Bertz CT molecular complexity index is 874. The fraction of sp³-hybridized carbons (Fsp3) is 0.357. The molecule has 1 unspecified atom stereocenters. The Labute approximate surface area is 185 Å². The van der Waals surface area contributed by atoms with Crippen LogP contribution in [0.3, 0.4) is 0 Å². The summed E-state index contributed by atoms with van der Waals surface area (Å²) in [5.74, 6) is -1.34. The van der Waals surface area contributed by atoms with Gasteiger partial charge in [-0.2, -0.15) is 0 Å². The summed E-state index contributed by atoms with van der Waals surface area (Å²) >= 11 is 0. The molecule has 3 heteroatoms. The standard InChI is InChI=1S/C28H32O3/c1-4-12-24(25(29)19-18-21(2)3)27(30)31-26-17-11-20-28(26,22-13-7-5-8-14-22)23-15-9-6-10-16-23/h4-10,13-16,24,26H,1-2,11-12,17-20H2,3H3/t24?,26-/m1/s1. The van der Waals surface area contributed by atoms with Crippen molar-refractivity contribution >= 4 is 11.8 Å². The molecule has 0 saturated heterocycles. The van der Waals surface area contributed by atoms with Crippen molar-refractivity contribution in [3.8, 4) is 0 Å². The molecule has 0 amide bonds. The first-order valence-corrected chi connectivity index (χ1v) is 11.1. The number of hydrogen-bond donors (Lipinski definition) is 0. The fourth-order valence-electron chi connectivity index (χ4n) is 4.69. The lowest BCUT2D eigenvalue weighted by Gasteiger charge is -2.37. The molecule has 0 aliphatic heterocycles. The van der Waals surface area contributed by atoms with Crippen LogP contribution in [0.1, 0.15) is 56.6 Å². The van der Waals surface area contributed by atoms with Crippen LogP contribution in [-0.4, -0.2) is 17.9 Å². The zero-order valence-electron chi connectivity index (χ0n) is 18.4. The Balaban J connectivity index is 1.90. The van der Waals surface area contributed by atoms with E-state index >= 15 is 0 Å². The first kappa shape index (κ1) is 22.7. The lowest BCUT2D eigenvalue weighted by Crippen LogP contribution is -2.41. The van der Waals surface area contributed by atoms with Gasteiger partial charge in [-0.05, 0) is 50.2 Å². The molecule has 2 aromatic carbocycles. The monoisotopic (exact) mass is 416 g/mol. The van der Waals surface area contributed by atoms with Crippen LogP contribution < -0.4 is 0 Å². The molecule has 1 aliphatic rings. The zero-order chi connectivity index (χ0) is 22.3. The van der Waals surface area contributed by atoms with Gasteiger partial charge < -0.3 is 4.74 Å². The third-order valence-corrected chi connectivity index (χ3v) is 6.30. The average molecular weight is 417 g/mol. The molecule has 2 atom stereocenters. The number of allylic oxidation sites excluding steroid dienone is 2. The molecule has 1 fully saturated rings. The minimum Gasteiger partial charge on any atom is -0.461 e. The van der Waals surface area contributed by atoms with Crippen LogP contribution in [0, 0.1) is 5.92 Å². The Morgan fingerprint density at radius 1 is 1.06 bits per heavy atom. The Hall–Kier alpha value is -2.94. The lowest BCUT2D eigenvalue weighted by molar-refractivity contribution is -0.158. The third kappa shape index (κ3) is 5.04. The van der Waals surface area contributed by atoms with Crippen molar-refractivity contribution in [2.24, 2.45) is 5.92 Å². The van der Waals surface area contributed by atoms with Gasteiger partial charge >= 0.3 is 5.97 Å². The molecular weight excluding hydrogens is 384 g/mol. The highest BCUT2D eigenvalue weighted by Crippen LogP contribution is 2.48. The first-order chi connectivity index (χ1) is 15.0. The molecule has 0 aromatic heterocycles. The van der Waals surface area contributed by atoms with Crippen molar-refractivity contribution in [3.05, 3.63) is 96.6 Å². The SMILES string of the molecule is C=CCC(C(=O)CCC(=C)C)C(=O)O[C@@H]1CCCC1(c1ccccc1)c1ccccc1. The van der Waals surface area contributed by atoms with Gasteiger partial charge in [0.25, 0.3) is 0 Å². The minimum absolute atomic E-state index is 0.101. The van der Waals surface area contributed by atoms with Gasteiger partial charge in [0, 0.05) is 6.42 Å². The van der Waals surface area contributed by atoms with E-state index in [4.69, 9.17) is 4.74 Å². The number of benzene rings is 2. The molecule has 1 saturated carbocycles. The van der Waals surface area contributed by atoms with Crippen molar-refractivity contribution in [2.45, 2.75) is 57.0 Å². The maximum absolute atomic E-state index is 13.2. The second-order valence-electron chi connectivity index (χ2n) is 8.52. The number of ketones is 1. The highest BCUT2D eigenvalue weighted by atomic mass is 16.5. The van der Waals surface area contributed by atoms with Gasteiger partial charge in [0.15, 0.2) is 0 Å². The predicted octanol–water partition coefficient (Wildman–Crippen LogP) is 6.19. The molecule has 0 bridgehead atoms. The minimum atomic E-state index is -0.804. The smallest absolute Gasteiger partial charge is 0.317 e. The molecule has 1 aliphatic carbocycles. The molecule has 31 heavy (non-hydrogen) atoms. The summed E-state index contributed by atoms with van der Waals surface area (Å²) in [6.07, 6.45) is 5.12. The molecule has 2 aromatic rings. The summed E-state index contributed by atoms with van der Waals surface area (Å²) in [6, 6.07) is 20.5. The Morgan fingerprint density at radius 2 is 1.65 bits per heavy atom. The summed E-state index contributed by atoms with van der Waals surface area (Å²) in [5.41, 5.74) is 2.82. The summed E-state index contributed by atoms with van der Waals surface area (Å²) < 4.78 is 6.15. The summed E-state index contributed by atoms with van der Waals surface area (Å²) in [5, 5.41) is 0. The van der Waals surface area contributed by atoms with Crippen molar-refractivity contribution in [1.29, 1.82) is 0 Å². The van der Waals surface area contributed by atoms with Gasteiger partial charge in [-0.1, -0.05) is 72.3 Å². The second kappa shape index (κ2) is 10.4. The van der Waals surface area contributed by atoms with Gasteiger partial charge in [-0.3, -0.25) is 9.59 Å². The number of carbonyl (C=O) groups excluding carboxylic acids is 2. The van der Waals surface area contributed by atoms with Crippen LogP contribution in [0.25, 0.3) is 0 Å². The Morgan fingerprint density at radius 3 is 2.16 bits per heavy atom. The molecule has 0 N–H and O–H groups in total. The van der Waals surface area contributed by atoms with Crippen LogP contribution in [0.2, 0.25) is 0 Å². The van der Waals surface area contributed by atoms with Gasteiger partial charge in [0.05, 0.1) is 5.41 Å². The first-order valence-electron chi connectivity index (χ1n) is 11.1. The van der Waals surface area contributed by atoms with Crippen molar-refractivity contribution in [3.63, 3.8) is 0 Å². The number of Topliss-reactive ketones (excluding diaryl/α,β-unsaturated/α-hetero) is 1. The molecule has 0 spiro atoms. The molecule has 162 valence electrons. The van der Waals surface area contributed by atoms with Gasteiger partial charge in [-0.25, -0.2) is 0 Å². The van der Waals surface area contributed by atoms with Crippen LogP contribution in [0.15, 0.2) is 85.5 Å². The van der Waals surface area contributed by atoms with Gasteiger partial charge in [0.1, 0.15) is 17.8 Å². The summed E-state index contributed by atoms with van der Waals surface area (Å²) in [6.45, 7) is 9.49. The zero-order valence-corrected chi connectivity index (χ0v) is 18.4. The quantitative estimate of drug-likeness (QED) is 0.264. The van der Waals surface area contributed by atoms with E-state index in [-0.39, 0.29) is 11.9 Å². The molecule has 0 radical (unpaired) electrons. The average Bonchev–Trinajstić information content (AvgIpc) is 3.21. The Kier molecular flexibility index (Phi) is 7.62. The van der Waals surface area contributed by atoms with E-state index in [0.717, 1.165) is 36.0 Å². The fourth-order valence-corrected chi connectivity index (χ4v) is 4.69. The number of ether oxygens (including phenoxy) is 1. The molecule has 3 rings (SSSR count). The maximum Gasteiger partial charge on any atom is 0.317 e. The topological polar surface area (TPSA) is 43.4 Å². The van der Waals surface area contributed by atoms with E-state index in [2.05, 4.69) is 37.4 Å². The third-order valence-electron chi connectivity index (χ3n) is 6.30. The van der Waals surface area contributed by atoms with E-state index in [1.165, 1.54) is 0 Å². The molecule has 0 heterocycles. The largest absolute Gasteiger partial charge is 0.461 e. The van der Waals surface area contributed by atoms with E-state index in [1.807, 2.05) is 43.3 Å². The van der Waals surface area contributed by atoms with E-state index in [1.54, 1.807) is 6.08 Å². The maximum atomic E-state index is 13.2. The van der Waals surface area contributed by atoms with E-state index in [9.17, 15) is 9.59 Å². The van der Waals surface area contributed by atoms with Crippen LogP contribution in [-0.2, 0) is 19.7 Å². The van der Waals surface area contributed by atoms with Gasteiger partial charge in [0.2, 0.25) is 0 Å². The van der Waals surface area contributed by atoms with E-state index < -0.39 is 17.3 Å². The van der Waals surface area contributed by atoms with Crippen LogP contribution in [0.4, 0.5) is 0 Å². The van der Waals surface area contributed by atoms with Crippen molar-refractivity contribution in [1.82, 2.24) is 0 Å². The molecular formula is C28H32O3. The lowest BCUT2D eigenvalue weighted by atomic mass is 9.71. The van der Waals surface area contributed by atoms with Gasteiger partial charge in [-0.15, -0.1) is 13.2 Å². The number of rotatable bonds is 10. The van der Waals surface area contributed by atoms with Crippen LogP contribution >= 0.6 is 0 Å². The van der Waals surface area contributed by atoms with Crippen molar-refractivity contribution in [2.75, 3.05) is 0 Å². The highest BCUT2D eigenvalue weighted by molar-refractivity contribution is 5.99. The number of carbonyl (C=O) groups is 2. The number of esters is 1. The molecule has 3 nitrogen and oxygen atoms in total.